The van der Waals surface area contributed by atoms with E-state index in [0.29, 0.717) is 6.54 Å². The Hall–Kier alpha value is -1.84. The van der Waals surface area contributed by atoms with Gasteiger partial charge in [0.25, 0.3) is 0 Å². The molecular formula is C21H30N2O2. The lowest BCUT2D eigenvalue weighted by Gasteiger charge is -2.27. The van der Waals surface area contributed by atoms with Gasteiger partial charge >= 0.3 is 0 Å². The van der Waals surface area contributed by atoms with Gasteiger partial charge in [0.2, 0.25) is 11.8 Å². The number of carbonyl (C=O) groups is 2. The van der Waals surface area contributed by atoms with Crippen LogP contribution in [0.15, 0.2) is 30.3 Å². The van der Waals surface area contributed by atoms with Gasteiger partial charge in [-0.05, 0) is 38.7 Å². The van der Waals surface area contributed by atoms with Crippen molar-refractivity contribution in [2.24, 2.45) is 11.8 Å². The molecule has 2 amide bonds. The Labute approximate surface area is 151 Å². The average molecular weight is 342 g/mol. The summed E-state index contributed by atoms with van der Waals surface area (Å²) in [4.78, 5) is 29.6. The van der Waals surface area contributed by atoms with E-state index in [1.807, 2.05) is 28.0 Å². The van der Waals surface area contributed by atoms with Crippen LogP contribution in [0, 0.1) is 11.8 Å². The van der Waals surface area contributed by atoms with E-state index in [1.165, 1.54) is 12.8 Å². The highest BCUT2D eigenvalue weighted by molar-refractivity contribution is 5.92. The minimum atomic E-state index is -0.109. The zero-order valence-electron chi connectivity index (χ0n) is 15.5. The molecule has 0 N–H and O–H groups in total. The standard InChI is InChI=1S/C21H30N2O2/c1-16(2)23(15-17-10-6-5-7-11-17)21(25)19-14-18(19)20(24)22-12-8-3-4-9-13-22/h5-7,10-11,16,18-19H,3-4,8-9,12-15H2,1-2H3. The van der Waals surface area contributed by atoms with Gasteiger partial charge in [0.15, 0.2) is 0 Å². The second-order valence-corrected chi connectivity index (χ2v) is 7.73. The number of carbonyl (C=O) groups excluding carboxylic acids is 2. The molecule has 2 aliphatic rings. The topological polar surface area (TPSA) is 40.6 Å². The van der Waals surface area contributed by atoms with Crippen molar-refractivity contribution >= 4 is 11.8 Å². The fourth-order valence-electron chi connectivity index (χ4n) is 3.77. The van der Waals surface area contributed by atoms with Crippen LogP contribution in [-0.2, 0) is 16.1 Å². The third kappa shape index (κ3) is 4.42. The van der Waals surface area contributed by atoms with Crippen molar-refractivity contribution in [1.29, 1.82) is 0 Å². The summed E-state index contributed by atoms with van der Waals surface area (Å²) in [6.07, 6.45) is 5.36. The van der Waals surface area contributed by atoms with Gasteiger partial charge in [-0.2, -0.15) is 0 Å². The van der Waals surface area contributed by atoms with E-state index in [4.69, 9.17) is 0 Å². The van der Waals surface area contributed by atoms with E-state index in [9.17, 15) is 9.59 Å². The molecule has 1 aromatic carbocycles. The number of rotatable bonds is 5. The molecule has 0 spiro atoms. The quantitative estimate of drug-likeness (QED) is 0.822. The highest BCUT2D eigenvalue weighted by Crippen LogP contribution is 2.42. The summed E-state index contributed by atoms with van der Waals surface area (Å²) in [5.41, 5.74) is 1.14. The summed E-state index contributed by atoms with van der Waals surface area (Å²) in [5, 5.41) is 0. The molecule has 0 radical (unpaired) electrons. The summed E-state index contributed by atoms with van der Waals surface area (Å²) < 4.78 is 0. The molecule has 1 aliphatic heterocycles. The van der Waals surface area contributed by atoms with Gasteiger partial charge in [-0.15, -0.1) is 0 Å². The molecule has 2 fully saturated rings. The Bertz CT molecular complexity index is 591. The van der Waals surface area contributed by atoms with Gasteiger partial charge in [0.05, 0.1) is 11.8 Å². The smallest absolute Gasteiger partial charge is 0.227 e. The average Bonchev–Trinajstić information content (AvgIpc) is 3.43. The Morgan fingerprint density at radius 1 is 1.04 bits per heavy atom. The molecule has 2 atom stereocenters. The number of benzene rings is 1. The number of likely N-dealkylation sites (tertiary alicyclic amines) is 1. The summed E-state index contributed by atoms with van der Waals surface area (Å²) in [5.74, 6) is 0.167. The molecule has 25 heavy (non-hydrogen) atoms. The molecule has 1 saturated heterocycles. The van der Waals surface area contributed by atoms with E-state index in [0.717, 1.165) is 37.9 Å². The number of nitrogens with zero attached hydrogens (tertiary/aromatic N) is 2. The van der Waals surface area contributed by atoms with Gasteiger partial charge < -0.3 is 9.80 Å². The Kier molecular flexibility index (Phi) is 5.77. The van der Waals surface area contributed by atoms with Crippen molar-refractivity contribution < 1.29 is 9.59 Å². The fraction of sp³-hybridized carbons (Fsp3) is 0.619. The number of hydrogen-bond acceptors (Lipinski definition) is 2. The van der Waals surface area contributed by atoms with Crippen molar-refractivity contribution in [3.63, 3.8) is 0 Å². The van der Waals surface area contributed by atoms with Crippen LogP contribution in [0.4, 0.5) is 0 Å². The summed E-state index contributed by atoms with van der Waals surface area (Å²) >= 11 is 0. The predicted octanol–water partition coefficient (Wildman–Crippen LogP) is 3.46. The molecule has 1 heterocycles. The summed E-state index contributed by atoms with van der Waals surface area (Å²) in [6.45, 7) is 6.46. The van der Waals surface area contributed by atoms with Crippen molar-refractivity contribution in [2.75, 3.05) is 13.1 Å². The molecule has 1 aromatic rings. The monoisotopic (exact) mass is 342 g/mol. The maximum atomic E-state index is 13.0. The highest BCUT2D eigenvalue weighted by atomic mass is 16.2. The van der Waals surface area contributed by atoms with E-state index >= 15 is 0 Å². The van der Waals surface area contributed by atoms with Crippen LogP contribution in [0.1, 0.15) is 51.5 Å². The molecule has 1 aliphatic carbocycles. The first-order chi connectivity index (χ1) is 12.1. The highest BCUT2D eigenvalue weighted by Gasteiger charge is 2.51. The van der Waals surface area contributed by atoms with Gasteiger partial charge in [-0.3, -0.25) is 9.59 Å². The lowest BCUT2D eigenvalue weighted by molar-refractivity contribution is -0.139. The van der Waals surface area contributed by atoms with Crippen LogP contribution in [0.5, 0.6) is 0 Å². The first kappa shape index (κ1) is 18.0. The lowest BCUT2D eigenvalue weighted by atomic mass is 10.1. The van der Waals surface area contributed by atoms with Crippen molar-refractivity contribution in [3.8, 4) is 0 Å². The van der Waals surface area contributed by atoms with Crippen LogP contribution < -0.4 is 0 Å². The fourth-order valence-corrected chi connectivity index (χ4v) is 3.77. The molecule has 4 heteroatoms. The predicted molar refractivity (Wildman–Crippen MR) is 98.8 cm³/mol. The normalized spacial score (nSPS) is 23.2. The van der Waals surface area contributed by atoms with Crippen LogP contribution in [-0.4, -0.2) is 40.7 Å². The van der Waals surface area contributed by atoms with Crippen LogP contribution in [0.2, 0.25) is 0 Å². The van der Waals surface area contributed by atoms with E-state index < -0.39 is 0 Å². The summed E-state index contributed by atoms with van der Waals surface area (Å²) in [7, 11) is 0. The van der Waals surface area contributed by atoms with Crippen molar-refractivity contribution in [1.82, 2.24) is 9.80 Å². The maximum Gasteiger partial charge on any atom is 0.227 e. The third-order valence-electron chi connectivity index (χ3n) is 5.44. The van der Waals surface area contributed by atoms with Crippen molar-refractivity contribution in [3.05, 3.63) is 35.9 Å². The molecule has 136 valence electrons. The first-order valence-electron chi connectivity index (χ1n) is 9.71. The first-order valence-corrected chi connectivity index (χ1v) is 9.71. The molecule has 0 bridgehead atoms. The molecular weight excluding hydrogens is 312 g/mol. The van der Waals surface area contributed by atoms with Gasteiger partial charge in [-0.25, -0.2) is 0 Å². The zero-order valence-corrected chi connectivity index (χ0v) is 15.5. The van der Waals surface area contributed by atoms with Gasteiger partial charge in [-0.1, -0.05) is 43.2 Å². The van der Waals surface area contributed by atoms with E-state index in [2.05, 4.69) is 26.0 Å². The Morgan fingerprint density at radius 3 is 2.28 bits per heavy atom. The van der Waals surface area contributed by atoms with Gasteiger partial charge in [0.1, 0.15) is 0 Å². The molecule has 4 nitrogen and oxygen atoms in total. The minimum absolute atomic E-state index is 0.0809. The maximum absolute atomic E-state index is 13.0. The SMILES string of the molecule is CC(C)N(Cc1ccccc1)C(=O)C1CC1C(=O)N1CCCCCC1. The van der Waals surface area contributed by atoms with Gasteiger partial charge in [0, 0.05) is 25.7 Å². The molecule has 0 aromatic heterocycles. The Morgan fingerprint density at radius 2 is 1.68 bits per heavy atom. The van der Waals surface area contributed by atoms with E-state index in [1.54, 1.807) is 0 Å². The Balaban J connectivity index is 1.60. The number of amides is 2. The zero-order chi connectivity index (χ0) is 17.8. The van der Waals surface area contributed by atoms with Crippen LogP contribution in [0.25, 0.3) is 0 Å². The molecule has 1 saturated carbocycles. The minimum Gasteiger partial charge on any atom is -0.342 e. The second kappa shape index (κ2) is 8.03. The van der Waals surface area contributed by atoms with Crippen LogP contribution >= 0.6 is 0 Å². The van der Waals surface area contributed by atoms with E-state index in [-0.39, 0.29) is 29.7 Å². The number of hydrogen-bond donors (Lipinski definition) is 0. The molecule has 2 unspecified atom stereocenters. The van der Waals surface area contributed by atoms with Crippen molar-refractivity contribution in [2.45, 2.75) is 58.5 Å². The van der Waals surface area contributed by atoms with Crippen LogP contribution in [0.3, 0.4) is 0 Å². The second-order valence-electron chi connectivity index (χ2n) is 7.73. The summed E-state index contributed by atoms with van der Waals surface area (Å²) in [6, 6.07) is 10.2. The molecule has 3 rings (SSSR count). The third-order valence-corrected chi connectivity index (χ3v) is 5.44. The lowest BCUT2D eigenvalue weighted by Crippen LogP contribution is -2.39. The largest absolute Gasteiger partial charge is 0.342 e.